The number of aromatic nitrogens is 1. The third-order valence-corrected chi connectivity index (χ3v) is 3.59. The van der Waals surface area contributed by atoms with Crippen LogP contribution in [0.2, 0.25) is 0 Å². The first-order valence-corrected chi connectivity index (χ1v) is 6.19. The van der Waals surface area contributed by atoms with Crippen LogP contribution in [0.15, 0.2) is 28.7 Å². The molecule has 0 fully saturated rings. The highest BCUT2D eigenvalue weighted by molar-refractivity contribution is 7.16. The molecule has 0 unspecified atom stereocenters. The predicted molar refractivity (Wildman–Crippen MR) is 64.9 cm³/mol. The van der Waals surface area contributed by atoms with Crippen molar-refractivity contribution < 1.29 is 0 Å². The van der Waals surface area contributed by atoms with Gasteiger partial charge >= 0.3 is 0 Å². The van der Waals surface area contributed by atoms with Crippen LogP contribution in [-0.2, 0) is 0 Å². The van der Waals surface area contributed by atoms with Gasteiger partial charge in [0, 0.05) is 17.8 Å². The summed E-state index contributed by atoms with van der Waals surface area (Å²) < 4.78 is 1.26. The SMILES string of the molecule is c1cc(C2=NCCCC2)c2ncsc2c1. The molecule has 1 aromatic carbocycles. The van der Waals surface area contributed by atoms with Gasteiger partial charge in [0.05, 0.1) is 15.7 Å². The summed E-state index contributed by atoms with van der Waals surface area (Å²) >= 11 is 1.70. The summed E-state index contributed by atoms with van der Waals surface area (Å²) in [6.07, 6.45) is 3.60. The predicted octanol–water partition coefficient (Wildman–Crippen LogP) is 3.27. The zero-order chi connectivity index (χ0) is 10.1. The highest BCUT2D eigenvalue weighted by atomic mass is 32.1. The fourth-order valence-electron chi connectivity index (χ4n) is 2.04. The van der Waals surface area contributed by atoms with Gasteiger partial charge in [-0.15, -0.1) is 11.3 Å². The van der Waals surface area contributed by atoms with E-state index in [9.17, 15) is 0 Å². The Morgan fingerprint density at radius 2 is 2.20 bits per heavy atom. The highest BCUT2D eigenvalue weighted by Crippen LogP contribution is 2.24. The van der Waals surface area contributed by atoms with Crippen molar-refractivity contribution in [3.05, 3.63) is 29.3 Å². The van der Waals surface area contributed by atoms with Crippen molar-refractivity contribution in [2.75, 3.05) is 6.54 Å². The van der Waals surface area contributed by atoms with E-state index < -0.39 is 0 Å². The molecule has 2 aromatic rings. The normalized spacial score (nSPS) is 16.7. The van der Waals surface area contributed by atoms with Gasteiger partial charge in [-0.1, -0.05) is 12.1 Å². The average molecular weight is 216 g/mol. The molecular weight excluding hydrogens is 204 g/mol. The lowest BCUT2D eigenvalue weighted by Crippen LogP contribution is -2.08. The number of para-hydroxylation sites is 1. The van der Waals surface area contributed by atoms with Crippen molar-refractivity contribution in [1.82, 2.24) is 4.98 Å². The molecule has 1 aromatic heterocycles. The molecule has 0 spiro atoms. The maximum absolute atomic E-state index is 4.61. The number of aliphatic imine (C=N–C) groups is 1. The van der Waals surface area contributed by atoms with Gasteiger partial charge in [-0.05, 0) is 25.3 Å². The number of rotatable bonds is 1. The number of hydrogen-bond donors (Lipinski definition) is 0. The lowest BCUT2D eigenvalue weighted by Gasteiger charge is -2.12. The molecule has 0 amide bonds. The Morgan fingerprint density at radius 3 is 3.07 bits per heavy atom. The highest BCUT2D eigenvalue weighted by Gasteiger charge is 2.11. The number of nitrogens with zero attached hydrogens (tertiary/aromatic N) is 2. The van der Waals surface area contributed by atoms with E-state index in [0.717, 1.165) is 18.5 Å². The van der Waals surface area contributed by atoms with Crippen LogP contribution in [-0.4, -0.2) is 17.2 Å². The van der Waals surface area contributed by atoms with E-state index in [1.54, 1.807) is 11.3 Å². The first-order chi connectivity index (χ1) is 7.45. The van der Waals surface area contributed by atoms with Crippen LogP contribution < -0.4 is 0 Å². The smallest absolute Gasteiger partial charge is 0.0902 e. The lowest BCUT2D eigenvalue weighted by atomic mass is 10.0. The molecule has 0 saturated heterocycles. The van der Waals surface area contributed by atoms with Crippen molar-refractivity contribution in [2.24, 2.45) is 4.99 Å². The molecule has 1 aliphatic rings. The molecule has 0 atom stereocenters. The summed E-state index contributed by atoms with van der Waals surface area (Å²) in [4.78, 5) is 9.04. The molecule has 0 N–H and O–H groups in total. The van der Waals surface area contributed by atoms with E-state index in [2.05, 4.69) is 28.2 Å². The molecule has 0 aliphatic carbocycles. The second-order valence-electron chi connectivity index (χ2n) is 3.79. The van der Waals surface area contributed by atoms with Crippen molar-refractivity contribution in [2.45, 2.75) is 19.3 Å². The van der Waals surface area contributed by atoms with Crippen molar-refractivity contribution in [3.8, 4) is 0 Å². The number of hydrogen-bond acceptors (Lipinski definition) is 3. The molecule has 3 heteroatoms. The Bertz CT molecular complexity index is 513. The van der Waals surface area contributed by atoms with E-state index in [4.69, 9.17) is 0 Å². The Labute approximate surface area is 92.7 Å². The molecular formula is C12H12N2S. The quantitative estimate of drug-likeness (QED) is 0.718. The minimum absolute atomic E-state index is 0.982. The summed E-state index contributed by atoms with van der Waals surface area (Å²) in [5.74, 6) is 0. The molecule has 3 rings (SSSR count). The standard InChI is InChI=1S/C12H12N2S/c1-2-7-13-10(5-1)9-4-3-6-11-12(9)14-8-15-11/h3-4,6,8H,1-2,5,7H2. The van der Waals surface area contributed by atoms with Gasteiger partial charge in [0.1, 0.15) is 0 Å². The van der Waals surface area contributed by atoms with Gasteiger partial charge in [-0.25, -0.2) is 4.98 Å². The van der Waals surface area contributed by atoms with Gasteiger partial charge < -0.3 is 0 Å². The van der Waals surface area contributed by atoms with E-state index in [-0.39, 0.29) is 0 Å². The van der Waals surface area contributed by atoms with Crippen LogP contribution in [0.5, 0.6) is 0 Å². The topological polar surface area (TPSA) is 25.2 Å². The molecule has 0 radical (unpaired) electrons. The van der Waals surface area contributed by atoms with Gasteiger partial charge in [0.25, 0.3) is 0 Å². The second-order valence-corrected chi connectivity index (χ2v) is 4.68. The summed E-state index contributed by atoms with van der Waals surface area (Å²) in [6, 6.07) is 6.37. The van der Waals surface area contributed by atoms with Gasteiger partial charge in [-0.2, -0.15) is 0 Å². The summed E-state index contributed by atoms with van der Waals surface area (Å²) in [5, 5.41) is 0. The van der Waals surface area contributed by atoms with Crippen molar-refractivity contribution >= 4 is 27.3 Å². The fraction of sp³-hybridized carbons (Fsp3) is 0.333. The monoisotopic (exact) mass is 216 g/mol. The molecule has 15 heavy (non-hydrogen) atoms. The van der Waals surface area contributed by atoms with Crippen LogP contribution in [0, 0.1) is 0 Å². The van der Waals surface area contributed by atoms with Crippen LogP contribution in [0.1, 0.15) is 24.8 Å². The fourth-order valence-corrected chi connectivity index (χ4v) is 2.74. The molecule has 1 aliphatic heterocycles. The minimum Gasteiger partial charge on any atom is -0.289 e. The van der Waals surface area contributed by atoms with E-state index in [1.165, 1.54) is 28.8 Å². The number of benzene rings is 1. The lowest BCUT2D eigenvalue weighted by molar-refractivity contribution is 0.739. The van der Waals surface area contributed by atoms with Crippen LogP contribution in [0.3, 0.4) is 0 Å². The van der Waals surface area contributed by atoms with Crippen LogP contribution >= 0.6 is 11.3 Å². The maximum Gasteiger partial charge on any atom is 0.0902 e. The minimum atomic E-state index is 0.982. The summed E-state index contributed by atoms with van der Waals surface area (Å²) in [7, 11) is 0. The summed E-state index contributed by atoms with van der Waals surface area (Å²) in [5.41, 5.74) is 5.53. The molecule has 2 heterocycles. The third kappa shape index (κ3) is 1.57. The molecule has 0 saturated carbocycles. The summed E-state index contributed by atoms with van der Waals surface area (Å²) in [6.45, 7) is 0.982. The Kier molecular flexibility index (Phi) is 2.25. The van der Waals surface area contributed by atoms with E-state index >= 15 is 0 Å². The van der Waals surface area contributed by atoms with Gasteiger partial charge in [-0.3, -0.25) is 4.99 Å². The molecule has 0 bridgehead atoms. The van der Waals surface area contributed by atoms with Crippen molar-refractivity contribution in [3.63, 3.8) is 0 Å². The molecule has 76 valence electrons. The van der Waals surface area contributed by atoms with Crippen LogP contribution in [0.4, 0.5) is 0 Å². The van der Waals surface area contributed by atoms with E-state index in [1.807, 2.05) is 5.51 Å². The molecule has 2 nitrogen and oxygen atoms in total. The van der Waals surface area contributed by atoms with E-state index in [0.29, 0.717) is 0 Å². The number of thiazole rings is 1. The largest absolute Gasteiger partial charge is 0.289 e. The zero-order valence-corrected chi connectivity index (χ0v) is 9.26. The second kappa shape index (κ2) is 3.74. The van der Waals surface area contributed by atoms with Gasteiger partial charge in [0.15, 0.2) is 0 Å². The third-order valence-electron chi connectivity index (χ3n) is 2.80. The first-order valence-electron chi connectivity index (χ1n) is 5.31. The Hall–Kier alpha value is -1.22. The first kappa shape index (κ1) is 9.04. The maximum atomic E-state index is 4.61. The van der Waals surface area contributed by atoms with Gasteiger partial charge in [0.2, 0.25) is 0 Å². The average Bonchev–Trinajstić information content (AvgIpc) is 2.78. The number of fused-ring (bicyclic) bond motifs is 1. The Morgan fingerprint density at radius 1 is 1.20 bits per heavy atom. The van der Waals surface area contributed by atoms with Crippen LogP contribution in [0.25, 0.3) is 10.2 Å². The Balaban J connectivity index is 2.17. The zero-order valence-electron chi connectivity index (χ0n) is 8.44. The van der Waals surface area contributed by atoms with Crippen molar-refractivity contribution in [1.29, 1.82) is 0 Å².